The molecule has 4 aromatic rings. The summed E-state index contributed by atoms with van der Waals surface area (Å²) < 4.78 is 26.4. The number of amides is 2. The lowest BCUT2D eigenvalue weighted by atomic mass is 9.94. The molecule has 1 aromatic heterocycles. The molecule has 3 N–H and O–H groups in total. The van der Waals surface area contributed by atoms with Gasteiger partial charge in [-0.05, 0) is 80.3 Å². The van der Waals surface area contributed by atoms with Crippen molar-refractivity contribution < 1.29 is 18.4 Å². The number of nitrogens with zero attached hydrogens (tertiary/aromatic N) is 1. The van der Waals surface area contributed by atoms with Crippen LogP contribution in [0.4, 0.5) is 14.5 Å². The first-order valence-corrected chi connectivity index (χ1v) is 11.6. The van der Waals surface area contributed by atoms with E-state index in [0.29, 0.717) is 53.8 Å². The zero-order chi connectivity index (χ0) is 24.4. The number of halogens is 2. The Hall–Kier alpha value is -4.07. The van der Waals surface area contributed by atoms with Crippen LogP contribution in [-0.4, -0.2) is 34.0 Å². The smallest absolute Gasteiger partial charge is 0.255 e. The second-order valence-corrected chi connectivity index (χ2v) is 8.78. The van der Waals surface area contributed by atoms with Gasteiger partial charge < -0.3 is 15.6 Å². The molecule has 1 heterocycles. The summed E-state index contributed by atoms with van der Waals surface area (Å²) in [6.07, 6.45) is 1.52. The Morgan fingerprint density at radius 1 is 0.857 bits per heavy atom. The Balaban J connectivity index is 1.27. The third kappa shape index (κ3) is 5.21. The van der Waals surface area contributed by atoms with E-state index in [4.69, 9.17) is 0 Å². The highest BCUT2D eigenvalue weighted by atomic mass is 19.1. The van der Waals surface area contributed by atoms with E-state index >= 15 is 0 Å². The first-order valence-electron chi connectivity index (χ1n) is 11.6. The molecular weight excluding hydrogens is 450 g/mol. The largest absolute Gasteiger partial charge is 0.349 e. The normalized spacial score (nSPS) is 17.8. The van der Waals surface area contributed by atoms with E-state index < -0.39 is 6.17 Å². The number of hydrogen-bond acceptors (Lipinski definition) is 3. The molecule has 6 nitrogen and oxygen atoms in total. The number of carbonyl (C=O) groups is 2. The van der Waals surface area contributed by atoms with Crippen molar-refractivity contribution in [2.24, 2.45) is 0 Å². The Kier molecular flexibility index (Phi) is 6.27. The Morgan fingerprint density at radius 3 is 2.26 bits per heavy atom. The van der Waals surface area contributed by atoms with E-state index in [1.807, 2.05) is 0 Å². The summed E-state index contributed by atoms with van der Waals surface area (Å²) in [5.74, 6) is -0.235. The molecule has 1 aliphatic carbocycles. The Morgan fingerprint density at radius 2 is 1.54 bits per heavy atom. The second-order valence-electron chi connectivity index (χ2n) is 8.78. The molecule has 5 rings (SSSR count). The van der Waals surface area contributed by atoms with Gasteiger partial charge in [-0.1, -0.05) is 12.1 Å². The third-order valence-electron chi connectivity index (χ3n) is 6.26. The predicted octanol–water partition coefficient (Wildman–Crippen LogP) is 5.63. The number of imidazole rings is 1. The van der Waals surface area contributed by atoms with E-state index in [0.717, 1.165) is 11.1 Å². The van der Waals surface area contributed by atoms with Crippen molar-refractivity contribution in [3.63, 3.8) is 0 Å². The van der Waals surface area contributed by atoms with Crippen LogP contribution in [0.3, 0.4) is 0 Å². The van der Waals surface area contributed by atoms with Gasteiger partial charge >= 0.3 is 0 Å². The number of H-pyrrole nitrogens is 1. The van der Waals surface area contributed by atoms with Crippen molar-refractivity contribution in [1.82, 2.24) is 15.3 Å². The zero-order valence-electron chi connectivity index (χ0n) is 18.9. The van der Waals surface area contributed by atoms with Crippen LogP contribution in [0.15, 0.2) is 66.7 Å². The fraction of sp³-hybridized carbons (Fsp3) is 0.222. The molecule has 0 saturated heterocycles. The molecule has 178 valence electrons. The highest BCUT2D eigenvalue weighted by molar-refractivity contribution is 6.04. The van der Waals surface area contributed by atoms with Gasteiger partial charge in [0.1, 0.15) is 17.8 Å². The number of fused-ring (bicyclic) bond motifs is 1. The molecule has 3 aromatic carbocycles. The molecule has 8 heteroatoms. The molecule has 0 aliphatic heterocycles. The quantitative estimate of drug-likeness (QED) is 0.350. The summed E-state index contributed by atoms with van der Waals surface area (Å²) in [5, 5.41) is 5.73. The minimum Gasteiger partial charge on any atom is -0.349 e. The number of benzene rings is 3. The Bertz CT molecular complexity index is 1360. The summed E-state index contributed by atoms with van der Waals surface area (Å²) >= 11 is 0. The van der Waals surface area contributed by atoms with Crippen molar-refractivity contribution in [1.29, 1.82) is 0 Å². The van der Waals surface area contributed by atoms with Gasteiger partial charge in [-0.2, -0.15) is 0 Å². The predicted molar refractivity (Wildman–Crippen MR) is 131 cm³/mol. The van der Waals surface area contributed by atoms with Crippen LogP contribution in [0.5, 0.6) is 0 Å². The number of alkyl halides is 1. The lowest BCUT2D eigenvalue weighted by Gasteiger charge is -2.25. The highest BCUT2D eigenvalue weighted by Gasteiger charge is 2.22. The van der Waals surface area contributed by atoms with Crippen molar-refractivity contribution >= 4 is 28.5 Å². The van der Waals surface area contributed by atoms with Crippen LogP contribution < -0.4 is 10.6 Å². The third-order valence-corrected chi connectivity index (χ3v) is 6.26. The number of carbonyl (C=O) groups excluding carboxylic acids is 2. The fourth-order valence-corrected chi connectivity index (χ4v) is 4.27. The van der Waals surface area contributed by atoms with E-state index in [1.54, 1.807) is 42.5 Å². The maximum atomic E-state index is 13.3. The molecule has 0 spiro atoms. The van der Waals surface area contributed by atoms with E-state index in [-0.39, 0.29) is 23.7 Å². The first-order chi connectivity index (χ1) is 16.9. The molecule has 0 bridgehead atoms. The zero-order valence-corrected chi connectivity index (χ0v) is 18.9. The lowest BCUT2D eigenvalue weighted by Crippen LogP contribution is -2.37. The van der Waals surface area contributed by atoms with Gasteiger partial charge in [-0.15, -0.1) is 0 Å². The summed E-state index contributed by atoms with van der Waals surface area (Å²) in [5.41, 5.74) is 3.70. The minimum absolute atomic E-state index is 0.00120. The van der Waals surface area contributed by atoms with Crippen LogP contribution in [0.2, 0.25) is 0 Å². The fourth-order valence-electron chi connectivity index (χ4n) is 4.27. The SMILES string of the molecule is O=C(Nc1ccc(F)cc1)c1ccc(-c2nc3ccc(C(=O)NC4CCC(F)CC4)cc3[nH]2)cc1. The maximum absolute atomic E-state index is 13.3. The second kappa shape index (κ2) is 9.66. The Labute approximate surface area is 200 Å². The van der Waals surface area contributed by atoms with Crippen LogP contribution in [0.25, 0.3) is 22.4 Å². The molecule has 1 fully saturated rings. The van der Waals surface area contributed by atoms with E-state index in [1.165, 1.54) is 24.3 Å². The van der Waals surface area contributed by atoms with Crippen LogP contribution in [-0.2, 0) is 0 Å². The standard InChI is InChI=1S/C27H24F2N4O2/c28-19-6-10-21(11-7-19)30-26(34)17-3-1-16(2-4-17)25-32-23-14-5-18(15-24(23)33-25)27(35)31-22-12-8-20(29)9-13-22/h1-7,10-11,14-15,20,22H,8-9,12-13H2,(H,30,34)(H,31,35)(H,32,33). The maximum Gasteiger partial charge on any atom is 0.255 e. The number of rotatable bonds is 5. The average molecular weight is 475 g/mol. The first kappa shape index (κ1) is 22.7. The van der Waals surface area contributed by atoms with Gasteiger partial charge in [0.25, 0.3) is 11.8 Å². The van der Waals surface area contributed by atoms with Crippen LogP contribution in [0.1, 0.15) is 46.4 Å². The summed E-state index contributed by atoms with van der Waals surface area (Å²) in [4.78, 5) is 33.0. The van der Waals surface area contributed by atoms with Gasteiger partial charge in [0.15, 0.2) is 0 Å². The average Bonchev–Trinajstić information content (AvgIpc) is 3.30. The van der Waals surface area contributed by atoms with Crippen molar-refractivity contribution in [2.45, 2.75) is 37.9 Å². The number of aromatic amines is 1. The molecule has 0 unspecified atom stereocenters. The summed E-state index contributed by atoms with van der Waals surface area (Å²) in [7, 11) is 0. The monoisotopic (exact) mass is 474 g/mol. The van der Waals surface area contributed by atoms with Gasteiger partial charge in [-0.3, -0.25) is 9.59 Å². The molecular formula is C27H24F2N4O2. The highest BCUT2D eigenvalue weighted by Crippen LogP contribution is 2.24. The van der Waals surface area contributed by atoms with Gasteiger partial charge in [0, 0.05) is 28.4 Å². The van der Waals surface area contributed by atoms with E-state index in [2.05, 4.69) is 20.6 Å². The number of nitrogens with one attached hydrogen (secondary N) is 3. The molecule has 2 amide bonds. The van der Waals surface area contributed by atoms with Crippen molar-refractivity contribution in [2.75, 3.05) is 5.32 Å². The lowest BCUT2D eigenvalue weighted by molar-refractivity contribution is 0.0915. The molecule has 35 heavy (non-hydrogen) atoms. The number of hydrogen-bond donors (Lipinski definition) is 3. The number of aromatic nitrogens is 2. The van der Waals surface area contributed by atoms with Crippen molar-refractivity contribution in [3.8, 4) is 11.4 Å². The molecule has 1 saturated carbocycles. The summed E-state index contributed by atoms with van der Waals surface area (Å²) in [6.45, 7) is 0. The van der Waals surface area contributed by atoms with Crippen LogP contribution >= 0.6 is 0 Å². The molecule has 0 atom stereocenters. The molecule has 0 radical (unpaired) electrons. The molecule has 1 aliphatic rings. The van der Waals surface area contributed by atoms with E-state index in [9.17, 15) is 18.4 Å². The number of anilines is 1. The van der Waals surface area contributed by atoms with Gasteiger partial charge in [0.05, 0.1) is 11.0 Å². The van der Waals surface area contributed by atoms with Gasteiger partial charge in [-0.25, -0.2) is 13.8 Å². The minimum atomic E-state index is -0.763. The van der Waals surface area contributed by atoms with Crippen molar-refractivity contribution in [3.05, 3.63) is 83.7 Å². The van der Waals surface area contributed by atoms with Crippen LogP contribution in [0, 0.1) is 5.82 Å². The summed E-state index contributed by atoms with van der Waals surface area (Å²) in [6, 6.07) is 17.8. The van der Waals surface area contributed by atoms with Gasteiger partial charge in [0.2, 0.25) is 0 Å². The topological polar surface area (TPSA) is 86.9 Å².